The topological polar surface area (TPSA) is 46.3 Å². The molecule has 3 rings (SSSR count). The molecule has 1 aromatic carbocycles. The Bertz CT molecular complexity index is 899. The van der Waals surface area contributed by atoms with Crippen molar-refractivity contribution in [3.8, 4) is 0 Å². The molecule has 28 heavy (non-hydrogen) atoms. The second-order valence-corrected chi connectivity index (χ2v) is 7.05. The number of carbonyl (C=O) groups is 1. The molecule has 2 aromatic heterocycles. The van der Waals surface area contributed by atoms with Crippen molar-refractivity contribution >= 4 is 17.7 Å². The minimum absolute atomic E-state index is 0.0162. The molecule has 0 radical (unpaired) electrons. The Morgan fingerprint density at radius 2 is 1.96 bits per heavy atom. The van der Waals surface area contributed by atoms with E-state index in [1.54, 1.807) is 41.6 Å². The number of hydrogen-bond acceptors (Lipinski definition) is 4. The number of pyridine rings is 1. The summed E-state index contributed by atoms with van der Waals surface area (Å²) in [6.07, 6.45) is 0.430. The molecule has 0 fully saturated rings. The number of hydrogen-bond donors (Lipinski definition) is 0. The predicted octanol–water partition coefficient (Wildman–Crippen LogP) is 5.01. The number of nitrogens with zero attached hydrogens (tertiary/aromatic N) is 2. The summed E-state index contributed by atoms with van der Waals surface area (Å²) in [5, 5.41) is 0. The van der Waals surface area contributed by atoms with Crippen molar-refractivity contribution in [2.45, 2.75) is 24.2 Å². The van der Waals surface area contributed by atoms with Crippen LogP contribution in [-0.2, 0) is 24.1 Å². The number of amides is 1. The summed E-state index contributed by atoms with van der Waals surface area (Å²) in [6, 6.07) is 12.1. The molecule has 0 atom stereocenters. The third-order valence-corrected chi connectivity index (χ3v) is 4.88. The normalized spacial score (nSPS) is 11.4. The molecule has 0 aliphatic carbocycles. The summed E-state index contributed by atoms with van der Waals surface area (Å²) in [7, 11) is 0. The molecule has 0 bridgehead atoms. The van der Waals surface area contributed by atoms with Gasteiger partial charge in [-0.05, 0) is 42.0 Å². The van der Waals surface area contributed by atoms with Gasteiger partial charge in [0.25, 0.3) is 0 Å². The zero-order valence-electron chi connectivity index (χ0n) is 14.7. The van der Waals surface area contributed by atoms with Crippen LogP contribution in [0.3, 0.4) is 0 Å². The van der Waals surface area contributed by atoms with Crippen LogP contribution in [0.5, 0.6) is 0 Å². The highest BCUT2D eigenvalue weighted by Crippen LogP contribution is 2.32. The van der Waals surface area contributed by atoms with Crippen molar-refractivity contribution in [3.63, 3.8) is 0 Å². The van der Waals surface area contributed by atoms with Crippen LogP contribution in [-0.4, -0.2) is 21.5 Å². The van der Waals surface area contributed by atoms with Gasteiger partial charge in [0, 0.05) is 23.8 Å². The highest BCUT2D eigenvalue weighted by atomic mass is 32.2. The largest absolute Gasteiger partial charge is 0.467 e. The van der Waals surface area contributed by atoms with Crippen molar-refractivity contribution < 1.29 is 22.4 Å². The maximum absolute atomic E-state index is 12.8. The highest BCUT2D eigenvalue weighted by Gasteiger charge is 2.30. The molecule has 1 amide bonds. The second kappa shape index (κ2) is 8.97. The fraction of sp³-hybridized carbons (Fsp3) is 0.200. The van der Waals surface area contributed by atoms with Crippen molar-refractivity contribution in [1.82, 2.24) is 9.88 Å². The standard InChI is InChI=1S/C20H17F3N2O2S/c21-20(22,23)16-5-1-7-18(10-16)28-14-19(26)25(13-17-6-3-9-27-17)12-15-4-2-8-24-11-15/h1-11H,12-14H2. The summed E-state index contributed by atoms with van der Waals surface area (Å²) in [6.45, 7) is 0.598. The van der Waals surface area contributed by atoms with Gasteiger partial charge in [-0.15, -0.1) is 11.8 Å². The Kier molecular flexibility index (Phi) is 6.41. The monoisotopic (exact) mass is 406 g/mol. The lowest BCUT2D eigenvalue weighted by Crippen LogP contribution is -2.31. The van der Waals surface area contributed by atoms with Gasteiger partial charge in [0.15, 0.2) is 0 Å². The molecule has 146 valence electrons. The van der Waals surface area contributed by atoms with Gasteiger partial charge in [0.2, 0.25) is 5.91 Å². The number of aromatic nitrogens is 1. The number of rotatable bonds is 7. The fourth-order valence-electron chi connectivity index (χ4n) is 2.53. The Morgan fingerprint density at radius 3 is 2.64 bits per heavy atom. The third-order valence-electron chi connectivity index (χ3n) is 3.90. The summed E-state index contributed by atoms with van der Waals surface area (Å²) in [4.78, 5) is 18.8. The molecule has 8 heteroatoms. The molecule has 0 saturated heterocycles. The number of thioether (sulfide) groups is 1. The molecule has 3 aromatic rings. The molecule has 2 heterocycles. The molecule has 0 N–H and O–H groups in total. The smallest absolute Gasteiger partial charge is 0.416 e. The number of benzene rings is 1. The molecule has 0 aliphatic heterocycles. The molecule has 0 saturated carbocycles. The lowest BCUT2D eigenvalue weighted by Gasteiger charge is -2.21. The Morgan fingerprint density at radius 1 is 1.11 bits per heavy atom. The van der Waals surface area contributed by atoms with E-state index in [9.17, 15) is 18.0 Å². The Hall–Kier alpha value is -2.74. The number of alkyl halides is 3. The first-order valence-corrected chi connectivity index (χ1v) is 9.39. The molecular formula is C20H17F3N2O2S. The first-order chi connectivity index (χ1) is 13.4. The number of carbonyl (C=O) groups excluding carboxylic acids is 1. The quantitative estimate of drug-likeness (QED) is 0.517. The fourth-order valence-corrected chi connectivity index (χ4v) is 3.39. The third kappa shape index (κ3) is 5.63. The van der Waals surface area contributed by atoms with E-state index in [0.29, 0.717) is 17.2 Å². The van der Waals surface area contributed by atoms with Crippen LogP contribution in [0.15, 0.2) is 76.5 Å². The van der Waals surface area contributed by atoms with Crippen LogP contribution in [0.4, 0.5) is 13.2 Å². The van der Waals surface area contributed by atoms with Gasteiger partial charge in [-0.1, -0.05) is 12.1 Å². The van der Waals surface area contributed by atoms with E-state index in [-0.39, 0.29) is 18.2 Å². The first-order valence-electron chi connectivity index (χ1n) is 8.41. The minimum atomic E-state index is -4.41. The maximum atomic E-state index is 12.8. The Balaban J connectivity index is 1.68. The van der Waals surface area contributed by atoms with Crippen LogP contribution >= 0.6 is 11.8 Å². The van der Waals surface area contributed by atoms with E-state index in [2.05, 4.69) is 4.98 Å². The van der Waals surface area contributed by atoms with Gasteiger partial charge in [-0.25, -0.2) is 0 Å². The minimum Gasteiger partial charge on any atom is -0.467 e. The lowest BCUT2D eigenvalue weighted by molar-refractivity contribution is -0.137. The van der Waals surface area contributed by atoms with Gasteiger partial charge in [-0.2, -0.15) is 13.2 Å². The average Bonchev–Trinajstić information content (AvgIpc) is 3.19. The van der Waals surface area contributed by atoms with Gasteiger partial charge in [0.05, 0.1) is 24.1 Å². The van der Waals surface area contributed by atoms with Crippen molar-refractivity contribution in [1.29, 1.82) is 0 Å². The summed E-state index contributed by atoms with van der Waals surface area (Å²) in [5.74, 6) is 0.436. The summed E-state index contributed by atoms with van der Waals surface area (Å²) >= 11 is 1.07. The number of halogens is 3. The molecule has 0 unspecified atom stereocenters. The van der Waals surface area contributed by atoms with E-state index >= 15 is 0 Å². The number of furan rings is 1. The van der Waals surface area contributed by atoms with E-state index in [1.807, 2.05) is 6.07 Å². The van der Waals surface area contributed by atoms with Gasteiger partial charge < -0.3 is 9.32 Å². The van der Waals surface area contributed by atoms with Gasteiger partial charge in [-0.3, -0.25) is 9.78 Å². The SMILES string of the molecule is O=C(CSc1cccc(C(F)(F)F)c1)N(Cc1cccnc1)Cc1ccco1. The van der Waals surface area contributed by atoms with Crippen LogP contribution in [0.25, 0.3) is 0 Å². The molecular weight excluding hydrogens is 389 g/mol. The predicted molar refractivity (Wildman–Crippen MR) is 99.4 cm³/mol. The van der Waals surface area contributed by atoms with Crippen molar-refractivity contribution in [2.75, 3.05) is 5.75 Å². The summed E-state index contributed by atoms with van der Waals surface area (Å²) in [5.41, 5.74) is 0.124. The zero-order chi connectivity index (χ0) is 20.0. The average molecular weight is 406 g/mol. The first kappa shape index (κ1) is 20.0. The second-order valence-electron chi connectivity index (χ2n) is 6.00. The van der Waals surface area contributed by atoms with Crippen LogP contribution in [0.2, 0.25) is 0 Å². The van der Waals surface area contributed by atoms with Crippen molar-refractivity contribution in [2.24, 2.45) is 0 Å². The van der Waals surface area contributed by atoms with Gasteiger partial charge >= 0.3 is 6.18 Å². The molecule has 0 aliphatic rings. The van der Waals surface area contributed by atoms with E-state index in [1.165, 1.54) is 12.3 Å². The Labute approximate surface area is 164 Å². The summed E-state index contributed by atoms with van der Waals surface area (Å²) < 4.78 is 43.9. The van der Waals surface area contributed by atoms with Crippen LogP contribution in [0.1, 0.15) is 16.9 Å². The molecule has 0 spiro atoms. The van der Waals surface area contributed by atoms with Crippen LogP contribution < -0.4 is 0 Å². The maximum Gasteiger partial charge on any atom is 0.416 e. The van der Waals surface area contributed by atoms with Gasteiger partial charge in [0.1, 0.15) is 5.76 Å². The van der Waals surface area contributed by atoms with E-state index in [4.69, 9.17) is 4.42 Å². The van der Waals surface area contributed by atoms with Crippen LogP contribution in [0, 0.1) is 0 Å². The highest BCUT2D eigenvalue weighted by molar-refractivity contribution is 8.00. The van der Waals surface area contributed by atoms with Crippen molar-refractivity contribution in [3.05, 3.63) is 84.1 Å². The van der Waals surface area contributed by atoms with E-state index < -0.39 is 11.7 Å². The molecule has 4 nitrogen and oxygen atoms in total. The lowest BCUT2D eigenvalue weighted by atomic mass is 10.2. The van der Waals surface area contributed by atoms with E-state index in [0.717, 1.165) is 29.5 Å². The zero-order valence-corrected chi connectivity index (χ0v) is 15.5.